The molecule has 0 aliphatic carbocycles. The zero-order valence-corrected chi connectivity index (χ0v) is 15.8. The van der Waals surface area contributed by atoms with Gasteiger partial charge < -0.3 is 19.5 Å². The van der Waals surface area contributed by atoms with E-state index in [9.17, 15) is 9.59 Å². The molecule has 0 fully saturated rings. The number of rotatable bonds is 7. The van der Waals surface area contributed by atoms with Crippen molar-refractivity contribution in [1.82, 2.24) is 5.32 Å². The van der Waals surface area contributed by atoms with Crippen molar-refractivity contribution in [2.45, 2.75) is 6.54 Å². The SMILES string of the molecule is COc1ccc(CNC(=O)COC(=O)c2cc3ccccc3s2)cc1OC. The van der Waals surface area contributed by atoms with Crippen LogP contribution in [0.4, 0.5) is 0 Å². The summed E-state index contributed by atoms with van der Waals surface area (Å²) >= 11 is 1.34. The number of hydrogen-bond donors (Lipinski definition) is 1. The van der Waals surface area contributed by atoms with E-state index in [2.05, 4.69) is 5.32 Å². The quantitative estimate of drug-likeness (QED) is 0.631. The van der Waals surface area contributed by atoms with Gasteiger partial charge >= 0.3 is 5.97 Å². The van der Waals surface area contributed by atoms with E-state index in [1.165, 1.54) is 11.3 Å². The third kappa shape index (κ3) is 4.57. The molecule has 1 aromatic heterocycles. The van der Waals surface area contributed by atoms with Crippen LogP contribution in [0.25, 0.3) is 10.1 Å². The highest BCUT2D eigenvalue weighted by Gasteiger charge is 2.13. The number of esters is 1. The molecule has 1 N–H and O–H groups in total. The molecular formula is C20H19NO5S. The molecule has 0 saturated heterocycles. The molecule has 1 amide bonds. The number of hydrogen-bond acceptors (Lipinski definition) is 6. The van der Waals surface area contributed by atoms with Gasteiger partial charge in [-0.2, -0.15) is 0 Å². The number of ether oxygens (including phenoxy) is 3. The predicted molar refractivity (Wildman–Crippen MR) is 104 cm³/mol. The van der Waals surface area contributed by atoms with Crippen LogP contribution in [0.2, 0.25) is 0 Å². The monoisotopic (exact) mass is 385 g/mol. The molecular weight excluding hydrogens is 366 g/mol. The normalized spacial score (nSPS) is 10.4. The summed E-state index contributed by atoms with van der Waals surface area (Å²) in [6, 6.07) is 14.8. The number of carbonyl (C=O) groups is 2. The van der Waals surface area contributed by atoms with E-state index in [4.69, 9.17) is 14.2 Å². The van der Waals surface area contributed by atoms with Crippen molar-refractivity contribution in [2.24, 2.45) is 0 Å². The molecule has 0 atom stereocenters. The first-order valence-corrected chi connectivity index (χ1v) is 9.05. The van der Waals surface area contributed by atoms with E-state index in [1.54, 1.807) is 32.4 Å². The van der Waals surface area contributed by atoms with E-state index < -0.39 is 5.97 Å². The summed E-state index contributed by atoms with van der Waals surface area (Å²) in [5, 5.41) is 3.69. The average molecular weight is 385 g/mol. The Morgan fingerprint density at radius 1 is 1.00 bits per heavy atom. The van der Waals surface area contributed by atoms with Gasteiger partial charge in [0.15, 0.2) is 18.1 Å². The van der Waals surface area contributed by atoms with Crippen LogP contribution in [0.1, 0.15) is 15.2 Å². The largest absolute Gasteiger partial charge is 0.493 e. The van der Waals surface area contributed by atoms with Gasteiger partial charge in [-0.05, 0) is 35.2 Å². The Morgan fingerprint density at radius 2 is 1.78 bits per heavy atom. The van der Waals surface area contributed by atoms with Crippen LogP contribution in [0.15, 0.2) is 48.5 Å². The molecule has 0 aliphatic rings. The number of carbonyl (C=O) groups excluding carboxylic acids is 2. The molecule has 6 nitrogen and oxygen atoms in total. The molecule has 0 spiro atoms. The van der Waals surface area contributed by atoms with Crippen molar-refractivity contribution in [1.29, 1.82) is 0 Å². The van der Waals surface area contributed by atoms with E-state index in [0.717, 1.165) is 15.6 Å². The summed E-state index contributed by atoms with van der Waals surface area (Å²) in [5.74, 6) is 0.321. The Bertz CT molecular complexity index is 933. The third-order valence-electron chi connectivity index (χ3n) is 3.90. The van der Waals surface area contributed by atoms with Crippen LogP contribution in [0.3, 0.4) is 0 Å². The van der Waals surface area contributed by atoms with E-state index in [0.29, 0.717) is 22.9 Å². The molecule has 0 bridgehead atoms. The van der Waals surface area contributed by atoms with Crippen LogP contribution in [0, 0.1) is 0 Å². The van der Waals surface area contributed by atoms with Gasteiger partial charge in [0, 0.05) is 11.2 Å². The minimum atomic E-state index is -0.502. The molecule has 1 heterocycles. The molecule has 0 saturated carbocycles. The number of thiophene rings is 1. The third-order valence-corrected chi connectivity index (χ3v) is 4.99. The Labute approximate surface area is 160 Å². The molecule has 3 rings (SSSR count). The molecule has 3 aromatic rings. The van der Waals surface area contributed by atoms with Crippen LogP contribution in [-0.2, 0) is 16.1 Å². The second kappa shape index (κ2) is 8.55. The van der Waals surface area contributed by atoms with Gasteiger partial charge in [0.2, 0.25) is 0 Å². The molecule has 0 radical (unpaired) electrons. The van der Waals surface area contributed by atoms with Gasteiger partial charge in [0.05, 0.1) is 14.2 Å². The summed E-state index contributed by atoms with van der Waals surface area (Å²) < 4.78 is 16.5. The lowest BCUT2D eigenvalue weighted by Gasteiger charge is -2.10. The first-order chi connectivity index (χ1) is 13.1. The van der Waals surface area contributed by atoms with Gasteiger partial charge in [-0.3, -0.25) is 4.79 Å². The van der Waals surface area contributed by atoms with Crippen molar-refractivity contribution in [3.05, 3.63) is 59.0 Å². The Kier molecular flexibility index (Phi) is 5.93. The van der Waals surface area contributed by atoms with E-state index >= 15 is 0 Å². The Morgan fingerprint density at radius 3 is 2.52 bits per heavy atom. The standard InChI is InChI=1S/C20H19NO5S/c1-24-15-8-7-13(9-16(15)25-2)11-21-19(22)12-26-20(23)18-10-14-5-3-4-6-17(14)27-18/h3-10H,11-12H2,1-2H3,(H,21,22). The van der Waals surface area contributed by atoms with Crippen LogP contribution >= 0.6 is 11.3 Å². The van der Waals surface area contributed by atoms with Crippen molar-refractivity contribution in [3.63, 3.8) is 0 Å². The van der Waals surface area contributed by atoms with Crippen molar-refractivity contribution in [2.75, 3.05) is 20.8 Å². The number of nitrogens with one attached hydrogen (secondary N) is 1. The van der Waals surface area contributed by atoms with Crippen molar-refractivity contribution in [3.8, 4) is 11.5 Å². The van der Waals surface area contributed by atoms with Gasteiger partial charge in [0.25, 0.3) is 5.91 Å². The predicted octanol–water partition coefficient (Wildman–Crippen LogP) is 3.39. The Balaban J connectivity index is 1.51. The fourth-order valence-corrected chi connectivity index (χ4v) is 3.48. The molecule has 7 heteroatoms. The second-order valence-electron chi connectivity index (χ2n) is 5.69. The van der Waals surface area contributed by atoms with Crippen LogP contribution in [0.5, 0.6) is 11.5 Å². The maximum atomic E-state index is 12.1. The smallest absolute Gasteiger partial charge is 0.348 e. The minimum Gasteiger partial charge on any atom is -0.493 e. The summed E-state index contributed by atoms with van der Waals surface area (Å²) in [4.78, 5) is 24.6. The number of benzene rings is 2. The fraction of sp³-hybridized carbons (Fsp3) is 0.200. The summed E-state index contributed by atoms with van der Waals surface area (Å²) in [7, 11) is 3.11. The lowest BCUT2D eigenvalue weighted by Crippen LogP contribution is -2.28. The first-order valence-electron chi connectivity index (χ1n) is 8.24. The lowest BCUT2D eigenvalue weighted by atomic mass is 10.2. The number of fused-ring (bicyclic) bond motifs is 1. The fourth-order valence-electron chi connectivity index (χ4n) is 2.53. The lowest BCUT2D eigenvalue weighted by molar-refractivity contribution is -0.124. The van der Waals surface area contributed by atoms with Crippen LogP contribution < -0.4 is 14.8 Å². The molecule has 140 valence electrons. The summed E-state index contributed by atoms with van der Waals surface area (Å²) in [5.41, 5.74) is 0.844. The van der Waals surface area contributed by atoms with Gasteiger partial charge in [0.1, 0.15) is 4.88 Å². The van der Waals surface area contributed by atoms with E-state index in [1.807, 2.05) is 30.3 Å². The maximum Gasteiger partial charge on any atom is 0.348 e. The molecule has 0 aliphatic heterocycles. The zero-order valence-electron chi connectivity index (χ0n) is 15.0. The first kappa shape index (κ1) is 18.7. The average Bonchev–Trinajstić information content (AvgIpc) is 3.14. The van der Waals surface area contributed by atoms with Crippen molar-refractivity contribution >= 4 is 33.3 Å². The highest BCUT2D eigenvalue weighted by atomic mass is 32.1. The second-order valence-corrected chi connectivity index (χ2v) is 6.77. The summed E-state index contributed by atoms with van der Waals surface area (Å²) in [6.45, 7) is -0.0417. The highest BCUT2D eigenvalue weighted by molar-refractivity contribution is 7.20. The van der Waals surface area contributed by atoms with Crippen molar-refractivity contribution < 1.29 is 23.8 Å². The van der Waals surface area contributed by atoms with Crippen LogP contribution in [-0.4, -0.2) is 32.7 Å². The molecule has 27 heavy (non-hydrogen) atoms. The van der Waals surface area contributed by atoms with Gasteiger partial charge in [-0.15, -0.1) is 11.3 Å². The number of methoxy groups -OCH3 is 2. The maximum absolute atomic E-state index is 12.1. The van der Waals surface area contributed by atoms with Gasteiger partial charge in [-0.1, -0.05) is 24.3 Å². The minimum absolute atomic E-state index is 0.291. The summed E-state index contributed by atoms with van der Waals surface area (Å²) in [6.07, 6.45) is 0. The number of amides is 1. The van der Waals surface area contributed by atoms with Gasteiger partial charge in [-0.25, -0.2) is 4.79 Å². The molecule has 0 unspecified atom stereocenters. The van der Waals surface area contributed by atoms with E-state index in [-0.39, 0.29) is 12.5 Å². The topological polar surface area (TPSA) is 73.9 Å². The zero-order chi connectivity index (χ0) is 19.2. The Hall–Kier alpha value is -3.06. The highest BCUT2D eigenvalue weighted by Crippen LogP contribution is 2.27. The molecule has 2 aromatic carbocycles.